The highest BCUT2D eigenvalue weighted by Crippen LogP contribution is 2.12. The molecule has 0 saturated heterocycles. The van der Waals surface area contributed by atoms with Crippen LogP contribution < -0.4 is 0 Å². The number of oxime groups is 1. The van der Waals surface area contributed by atoms with Crippen molar-refractivity contribution in [3.63, 3.8) is 0 Å². The zero-order valence-corrected chi connectivity index (χ0v) is 12.0. The Kier molecular flexibility index (Phi) is 5.54. The highest BCUT2D eigenvalue weighted by atomic mass is 16.6. The lowest BCUT2D eigenvalue weighted by Gasteiger charge is -2.06. The van der Waals surface area contributed by atoms with E-state index in [2.05, 4.69) is 5.16 Å². The molecular weight excluding hydrogens is 282 g/mol. The predicted molar refractivity (Wildman–Crippen MR) is 82.7 cm³/mol. The van der Waals surface area contributed by atoms with Crippen molar-refractivity contribution >= 4 is 11.7 Å². The maximum absolute atomic E-state index is 10.7. The van der Waals surface area contributed by atoms with Crippen molar-refractivity contribution in [1.29, 1.82) is 0 Å². The molecule has 0 aliphatic carbocycles. The number of carbonyl (C=O) groups is 1. The molecule has 114 valence electrons. The minimum atomic E-state index is -0.873. The number of hydrogen-bond acceptors (Lipinski definition) is 4. The van der Waals surface area contributed by atoms with E-state index < -0.39 is 5.97 Å². The predicted octanol–water partition coefficient (Wildman–Crippen LogP) is 3.18. The van der Waals surface area contributed by atoms with Crippen LogP contribution in [0, 0.1) is 0 Å². The Labute approximate surface area is 128 Å². The summed E-state index contributed by atoms with van der Waals surface area (Å²) in [4.78, 5) is 16.1. The summed E-state index contributed by atoms with van der Waals surface area (Å²) in [6.07, 6.45) is 0.297. The fraction of sp³-hybridized carbons (Fsp3) is 0.176. The molecule has 0 radical (unpaired) electrons. The minimum absolute atomic E-state index is 0.00367. The van der Waals surface area contributed by atoms with Crippen molar-refractivity contribution in [1.82, 2.24) is 0 Å². The van der Waals surface area contributed by atoms with Gasteiger partial charge < -0.3 is 15.1 Å². The molecule has 0 amide bonds. The maximum atomic E-state index is 10.7. The molecule has 2 rings (SSSR count). The third-order valence-corrected chi connectivity index (χ3v) is 3.02. The summed E-state index contributed by atoms with van der Waals surface area (Å²) in [6, 6.07) is 16.0. The molecule has 2 aromatic carbocycles. The Hall–Kier alpha value is -2.82. The van der Waals surface area contributed by atoms with Gasteiger partial charge in [0.05, 0.1) is 12.1 Å². The van der Waals surface area contributed by atoms with Gasteiger partial charge in [-0.3, -0.25) is 4.79 Å². The van der Waals surface area contributed by atoms with E-state index >= 15 is 0 Å². The van der Waals surface area contributed by atoms with Crippen molar-refractivity contribution < 1.29 is 19.8 Å². The number of rotatable bonds is 7. The summed E-state index contributed by atoms with van der Waals surface area (Å²) >= 11 is 0. The Balaban J connectivity index is 2.04. The molecule has 5 heteroatoms. The normalized spacial score (nSPS) is 11.2. The average molecular weight is 299 g/mol. The summed E-state index contributed by atoms with van der Waals surface area (Å²) in [6.45, 7) is 0.254. The molecule has 0 unspecified atom stereocenters. The van der Waals surface area contributed by atoms with Crippen molar-refractivity contribution in [3.05, 3.63) is 65.7 Å². The van der Waals surface area contributed by atoms with Crippen LogP contribution in [-0.2, 0) is 16.2 Å². The highest BCUT2D eigenvalue weighted by molar-refractivity contribution is 6.01. The number of nitrogens with zero attached hydrogens (tertiary/aromatic N) is 1. The Bertz CT molecular complexity index is 635. The first-order chi connectivity index (χ1) is 10.6. The van der Waals surface area contributed by atoms with E-state index in [1.54, 1.807) is 24.3 Å². The molecule has 5 nitrogen and oxygen atoms in total. The van der Waals surface area contributed by atoms with Crippen LogP contribution in [0.5, 0.6) is 5.75 Å². The third kappa shape index (κ3) is 4.94. The SMILES string of the molecule is O=C(O)CC/C(=N\OCc1ccc(O)cc1)c1ccccc1. The van der Waals surface area contributed by atoms with Gasteiger partial charge in [0.2, 0.25) is 0 Å². The lowest BCUT2D eigenvalue weighted by atomic mass is 10.1. The van der Waals surface area contributed by atoms with Crippen LogP contribution in [0.4, 0.5) is 0 Å². The molecule has 0 aromatic heterocycles. The summed E-state index contributed by atoms with van der Waals surface area (Å²) in [5.74, 6) is -0.680. The van der Waals surface area contributed by atoms with Gasteiger partial charge in [0.15, 0.2) is 0 Å². The van der Waals surface area contributed by atoms with Crippen LogP contribution in [0.2, 0.25) is 0 Å². The molecule has 0 spiro atoms. The number of benzene rings is 2. The number of carboxylic acid groups (broad SMARTS) is 1. The fourth-order valence-electron chi connectivity index (χ4n) is 1.88. The average Bonchev–Trinajstić information content (AvgIpc) is 2.53. The molecule has 0 fully saturated rings. The Morgan fingerprint density at radius 2 is 1.68 bits per heavy atom. The van der Waals surface area contributed by atoms with E-state index in [0.717, 1.165) is 11.1 Å². The largest absolute Gasteiger partial charge is 0.508 e. The van der Waals surface area contributed by atoms with Crippen LogP contribution in [0.25, 0.3) is 0 Å². The first kappa shape index (κ1) is 15.6. The van der Waals surface area contributed by atoms with Gasteiger partial charge in [0, 0.05) is 6.42 Å². The summed E-state index contributed by atoms with van der Waals surface area (Å²) in [5, 5.41) is 22.1. The fourth-order valence-corrected chi connectivity index (χ4v) is 1.88. The van der Waals surface area contributed by atoms with Crippen molar-refractivity contribution in [2.45, 2.75) is 19.4 Å². The van der Waals surface area contributed by atoms with Crippen LogP contribution in [0.3, 0.4) is 0 Å². The first-order valence-electron chi connectivity index (χ1n) is 6.89. The maximum Gasteiger partial charge on any atom is 0.303 e. The lowest BCUT2D eigenvalue weighted by molar-refractivity contribution is -0.136. The van der Waals surface area contributed by atoms with Crippen molar-refractivity contribution in [2.24, 2.45) is 5.16 Å². The number of aromatic hydroxyl groups is 1. The van der Waals surface area contributed by atoms with Crippen LogP contribution >= 0.6 is 0 Å². The number of hydrogen-bond donors (Lipinski definition) is 2. The third-order valence-electron chi connectivity index (χ3n) is 3.02. The summed E-state index contributed by atoms with van der Waals surface area (Å²) < 4.78 is 0. The second kappa shape index (κ2) is 7.83. The molecule has 0 atom stereocenters. The Morgan fingerprint density at radius 3 is 2.32 bits per heavy atom. The standard InChI is InChI=1S/C17H17NO4/c19-15-8-6-13(7-9-15)12-22-18-16(10-11-17(20)21)14-4-2-1-3-5-14/h1-9,19H,10-12H2,(H,20,21)/b18-16+. The monoisotopic (exact) mass is 299 g/mol. The smallest absolute Gasteiger partial charge is 0.303 e. The molecule has 0 bridgehead atoms. The van der Waals surface area contributed by atoms with Gasteiger partial charge in [0.1, 0.15) is 12.4 Å². The topological polar surface area (TPSA) is 79.1 Å². The number of phenols is 1. The minimum Gasteiger partial charge on any atom is -0.508 e. The van der Waals surface area contributed by atoms with Gasteiger partial charge in [0.25, 0.3) is 0 Å². The quantitative estimate of drug-likeness (QED) is 0.608. The molecule has 2 aromatic rings. The van der Waals surface area contributed by atoms with Gasteiger partial charge in [-0.25, -0.2) is 0 Å². The molecule has 0 heterocycles. The van der Waals surface area contributed by atoms with Gasteiger partial charge in [-0.15, -0.1) is 0 Å². The van der Waals surface area contributed by atoms with Crippen LogP contribution in [0.1, 0.15) is 24.0 Å². The number of carboxylic acids is 1. The van der Waals surface area contributed by atoms with Crippen LogP contribution in [-0.4, -0.2) is 21.9 Å². The van der Waals surface area contributed by atoms with Crippen molar-refractivity contribution in [3.8, 4) is 5.75 Å². The summed E-state index contributed by atoms with van der Waals surface area (Å²) in [7, 11) is 0. The molecular formula is C17H17NO4. The van der Waals surface area contributed by atoms with E-state index in [4.69, 9.17) is 9.94 Å². The van der Waals surface area contributed by atoms with Gasteiger partial charge >= 0.3 is 5.97 Å². The molecule has 0 aliphatic heterocycles. The number of phenolic OH excluding ortho intramolecular Hbond substituents is 1. The Morgan fingerprint density at radius 1 is 1.00 bits per heavy atom. The number of aliphatic carboxylic acids is 1. The first-order valence-corrected chi connectivity index (χ1v) is 6.89. The van der Waals surface area contributed by atoms with Gasteiger partial charge in [-0.1, -0.05) is 47.6 Å². The summed E-state index contributed by atoms with van der Waals surface area (Å²) in [5.41, 5.74) is 2.31. The van der Waals surface area contributed by atoms with E-state index in [1.165, 1.54) is 0 Å². The second-order valence-corrected chi connectivity index (χ2v) is 4.74. The molecule has 0 saturated carbocycles. The van der Waals surface area contributed by atoms with E-state index in [1.807, 2.05) is 30.3 Å². The van der Waals surface area contributed by atoms with Gasteiger partial charge in [-0.05, 0) is 23.3 Å². The van der Waals surface area contributed by atoms with E-state index in [0.29, 0.717) is 12.1 Å². The van der Waals surface area contributed by atoms with Crippen molar-refractivity contribution in [2.75, 3.05) is 0 Å². The highest BCUT2D eigenvalue weighted by Gasteiger charge is 2.07. The van der Waals surface area contributed by atoms with E-state index in [-0.39, 0.29) is 18.8 Å². The molecule has 22 heavy (non-hydrogen) atoms. The van der Waals surface area contributed by atoms with E-state index in [9.17, 15) is 9.90 Å². The second-order valence-electron chi connectivity index (χ2n) is 4.74. The van der Waals surface area contributed by atoms with Gasteiger partial charge in [-0.2, -0.15) is 0 Å². The zero-order chi connectivity index (χ0) is 15.8. The molecule has 0 aliphatic rings. The van der Waals surface area contributed by atoms with Crippen LogP contribution in [0.15, 0.2) is 59.8 Å². The molecule has 2 N–H and O–H groups in total. The zero-order valence-electron chi connectivity index (χ0n) is 12.0. The lowest BCUT2D eigenvalue weighted by Crippen LogP contribution is -2.06.